The minimum Gasteiger partial charge on any atom is -0.465 e. The zero-order valence-electron chi connectivity index (χ0n) is 29.5. The number of nitrogens with zero attached hydrogens (tertiary/aromatic N) is 2. The Kier molecular flexibility index (Phi) is 12.7. The monoisotopic (exact) mass is 693 g/mol. The Morgan fingerprint density at radius 3 is 2.12 bits per heavy atom. The van der Waals surface area contributed by atoms with E-state index in [0.717, 1.165) is 54.4 Å². The summed E-state index contributed by atoms with van der Waals surface area (Å²) in [7, 11) is 3.00. The van der Waals surface area contributed by atoms with Crippen molar-refractivity contribution in [3.8, 4) is 11.1 Å². The van der Waals surface area contributed by atoms with E-state index in [-0.39, 0.29) is 37.2 Å². The molecule has 3 N–H and O–H groups in total. The van der Waals surface area contributed by atoms with Gasteiger partial charge < -0.3 is 30.5 Å². The van der Waals surface area contributed by atoms with Crippen molar-refractivity contribution in [1.29, 1.82) is 0 Å². The quantitative estimate of drug-likeness (QED) is 0.229. The Hall–Kier alpha value is -5.29. The highest BCUT2D eigenvalue weighted by atomic mass is 16.5. The van der Waals surface area contributed by atoms with E-state index in [4.69, 9.17) is 4.74 Å². The molecule has 2 aliphatic rings. The van der Waals surface area contributed by atoms with Crippen LogP contribution in [0, 0.1) is 5.92 Å². The van der Waals surface area contributed by atoms with Crippen LogP contribution >= 0.6 is 0 Å². The standard InChI is InChI=1S/C40H47N5O6/c1-27(41-2)37(47)43-36(32-12-8-5-9-13-32)38(48)42-25-35(46)45-23-22-44(26-29-16-20-33(21-17-29)40(50)51-3)39(49)34(45)24-28-14-18-31(19-15-28)30-10-6-4-7-11-30/h4,6-7,10-11,14-23,27,32,34,36,41H,5,8-9,12-13,24-26H2,1-3H3,(H,42,48)(H,43,47)/t27-,34-,36-/m0/s1. The predicted octanol–water partition coefficient (Wildman–Crippen LogP) is 4.18. The Morgan fingerprint density at radius 2 is 1.47 bits per heavy atom. The van der Waals surface area contributed by atoms with E-state index >= 15 is 0 Å². The molecule has 4 amide bonds. The van der Waals surface area contributed by atoms with Crippen molar-refractivity contribution in [2.75, 3.05) is 20.7 Å². The first-order valence-electron chi connectivity index (χ1n) is 17.6. The van der Waals surface area contributed by atoms with Gasteiger partial charge in [0, 0.05) is 18.8 Å². The lowest BCUT2D eigenvalue weighted by atomic mass is 9.83. The molecule has 268 valence electrons. The Labute approximate surface area is 299 Å². The molecular formula is C40H47N5O6. The van der Waals surface area contributed by atoms with E-state index in [2.05, 4.69) is 16.0 Å². The van der Waals surface area contributed by atoms with Crippen LogP contribution in [0.4, 0.5) is 0 Å². The minimum absolute atomic E-state index is 0.0276. The second-order valence-corrected chi connectivity index (χ2v) is 13.1. The topological polar surface area (TPSA) is 137 Å². The van der Waals surface area contributed by atoms with Gasteiger partial charge in [0.25, 0.3) is 0 Å². The Balaban J connectivity index is 1.33. The first kappa shape index (κ1) is 37.0. The van der Waals surface area contributed by atoms with Crippen molar-refractivity contribution < 1.29 is 28.7 Å². The van der Waals surface area contributed by atoms with Gasteiger partial charge in [0.2, 0.25) is 23.6 Å². The van der Waals surface area contributed by atoms with Crippen molar-refractivity contribution in [3.63, 3.8) is 0 Å². The van der Waals surface area contributed by atoms with Gasteiger partial charge >= 0.3 is 5.97 Å². The van der Waals surface area contributed by atoms with Gasteiger partial charge in [0.05, 0.1) is 31.8 Å². The molecule has 0 saturated heterocycles. The number of hydrogen-bond acceptors (Lipinski definition) is 7. The summed E-state index contributed by atoms with van der Waals surface area (Å²) in [6.45, 7) is 1.62. The lowest BCUT2D eigenvalue weighted by Crippen LogP contribution is -2.57. The third-order valence-electron chi connectivity index (χ3n) is 9.76. The van der Waals surface area contributed by atoms with Crippen LogP contribution in [-0.4, -0.2) is 78.2 Å². The third-order valence-corrected chi connectivity index (χ3v) is 9.76. The summed E-state index contributed by atoms with van der Waals surface area (Å²) in [5.41, 5.74) is 4.17. The number of benzene rings is 3. The number of hydrogen-bond donors (Lipinski definition) is 3. The second-order valence-electron chi connectivity index (χ2n) is 13.1. The van der Waals surface area contributed by atoms with Crippen LogP contribution in [0.3, 0.4) is 0 Å². The summed E-state index contributed by atoms with van der Waals surface area (Å²) in [5.74, 6) is -1.90. The van der Waals surface area contributed by atoms with Crippen LogP contribution in [0.2, 0.25) is 0 Å². The molecule has 1 fully saturated rings. The number of ether oxygens (including phenoxy) is 1. The normalized spacial score (nSPS) is 17.4. The summed E-state index contributed by atoms with van der Waals surface area (Å²) in [4.78, 5) is 69.1. The Bertz CT molecular complexity index is 1700. The van der Waals surface area contributed by atoms with Gasteiger partial charge in [-0.1, -0.05) is 86.0 Å². The lowest BCUT2D eigenvalue weighted by molar-refractivity contribution is -0.144. The zero-order chi connectivity index (χ0) is 36.3. The van der Waals surface area contributed by atoms with E-state index in [9.17, 15) is 24.0 Å². The highest BCUT2D eigenvalue weighted by Gasteiger charge is 2.36. The minimum atomic E-state index is -0.873. The van der Waals surface area contributed by atoms with Crippen LogP contribution in [0.15, 0.2) is 91.3 Å². The SMILES string of the molecule is CN[C@@H](C)C(=O)N[C@H](C(=O)NCC(=O)N1C=CN(Cc2ccc(C(=O)OC)cc2)C(=O)[C@@H]1Cc1ccc(-c2ccccc2)cc1)C1CCCCC1. The maximum Gasteiger partial charge on any atom is 0.337 e. The van der Waals surface area contributed by atoms with Gasteiger partial charge in [-0.3, -0.25) is 19.2 Å². The molecule has 0 spiro atoms. The van der Waals surface area contributed by atoms with Crippen LogP contribution in [0.1, 0.15) is 60.5 Å². The average molecular weight is 694 g/mol. The molecule has 0 aromatic heterocycles. The molecule has 3 aromatic carbocycles. The fourth-order valence-corrected chi connectivity index (χ4v) is 6.60. The molecule has 5 rings (SSSR count). The number of esters is 1. The van der Waals surface area contributed by atoms with Crippen LogP contribution < -0.4 is 16.0 Å². The highest BCUT2D eigenvalue weighted by Crippen LogP contribution is 2.27. The molecule has 3 atom stereocenters. The molecule has 1 aliphatic carbocycles. The average Bonchev–Trinajstić information content (AvgIpc) is 3.17. The van der Waals surface area contributed by atoms with Gasteiger partial charge in [0.15, 0.2) is 0 Å². The van der Waals surface area contributed by atoms with Crippen molar-refractivity contribution in [1.82, 2.24) is 25.8 Å². The maximum atomic E-state index is 14.1. The molecule has 1 saturated carbocycles. The van der Waals surface area contributed by atoms with Gasteiger partial charge in [-0.15, -0.1) is 0 Å². The molecule has 0 unspecified atom stereocenters. The van der Waals surface area contributed by atoms with Crippen LogP contribution in [0.25, 0.3) is 11.1 Å². The summed E-state index contributed by atoms with van der Waals surface area (Å²) < 4.78 is 4.79. The number of likely N-dealkylation sites (N-methyl/N-ethyl adjacent to an activating group) is 1. The van der Waals surface area contributed by atoms with E-state index in [1.807, 2.05) is 54.6 Å². The fourth-order valence-electron chi connectivity index (χ4n) is 6.60. The summed E-state index contributed by atoms with van der Waals surface area (Å²) >= 11 is 0. The van der Waals surface area contributed by atoms with Crippen molar-refractivity contribution in [2.24, 2.45) is 5.92 Å². The molecule has 11 nitrogen and oxygen atoms in total. The molecule has 11 heteroatoms. The van der Waals surface area contributed by atoms with Crippen LogP contribution in [0.5, 0.6) is 0 Å². The number of rotatable bonds is 13. The predicted molar refractivity (Wildman–Crippen MR) is 194 cm³/mol. The molecule has 1 heterocycles. The Morgan fingerprint density at radius 1 is 0.824 bits per heavy atom. The number of methoxy groups -OCH3 is 1. The molecule has 51 heavy (non-hydrogen) atoms. The van der Waals surface area contributed by atoms with Gasteiger partial charge in [-0.2, -0.15) is 0 Å². The van der Waals surface area contributed by atoms with Crippen molar-refractivity contribution in [3.05, 3.63) is 108 Å². The summed E-state index contributed by atoms with van der Waals surface area (Å²) in [6, 6.07) is 22.6. The first-order chi connectivity index (χ1) is 24.7. The smallest absolute Gasteiger partial charge is 0.337 e. The van der Waals surface area contributed by atoms with Crippen molar-refractivity contribution >= 4 is 29.6 Å². The number of nitrogens with one attached hydrogen (secondary N) is 3. The van der Waals surface area contributed by atoms with E-state index in [0.29, 0.717) is 5.56 Å². The summed E-state index contributed by atoms with van der Waals surface area (Å²) in [5, 5.41) is 8.59. The van der Waals surface area contributed by atoms with Gasteiger partial charge in [-0.05, 0) is 67.1 Å². The molecular weight excluding hydrogens is 646 g/mol. The zero-order valence-corrected chi connectivity index (χ0v) is 29.5. The maximum absolute atomic E-state index is 14.1. The fraction of sp³-hybridized carbons (Fsp3) is 0.375. The first-order valence-corrected chi connectivity index (χ1v) is 17.6. The van der Waals surface area contributed by atoms with E-state index in [1.165, 1.54) is 12.0 Å². The molecule has 1 aliphatic heterocycles. The van der Waals surface area contributed by atoms with Crippen molar-refractivity contribution in [2.45, 2.75) is 70.1 Å². The third kappa shape index (κ3) is 9.49. The number of carbonyl (C=O) groups excluding carboxylic acids is 5. The molecule has 0 bridgehead atoms. The second kappa shape index (κ2) is 17.6. The van der Waals surface area contributed by atoms with Crippen LogP contribution in [-0.2, 0) is 36.9 Å². The van der Waals surface area contributed by atoms with E-state index in [1.54, 1.807) is 55.5 Å². The largest absolute Gasteiger partial charge is 0.465 e. The number of amides is 4. The van der Waals surface area contributed by atoms with Gasteiger partial charge in [-0.25, -0.2) is 4.79 Å². The molecule has 3 aromatic rings. The number of carbonyl (C=O) groups is 5. The van der Waals surface area contributed by atoms with Gasteiger partial charge in [0.1, 0.15) is 12.1 Å². The lowest BCUT2D eigenvalue weighted by Gasteiger charge is -2.36. The summed E-state index contributed by atoms with van der Waals surface area (Å²) in [6.07, 6.45) is 8.07. The van der Waals surface area contributed by atoms with E-state index < -0.39 is 35.9 Å². The highest BCUT2D eigenvalue weighted by molar-refractivity contribution is 5.95. The molecule has 0 radical (unpaired) electrons.